The third-order valence-electron chi connectivity index (χ3n) is 5.46. The number of anilines is 1. The van der Waals surface area contributed by atoms with Gasteiger partial charge < -0.3 is 14.8 Å². The van der Waals surface area contributed by atoms with E-state index in [2.05, 4.69) is 5.32 Å². The zero-order valence-corrected chi connectivity index (χ0v) is 19.8. The first-order valence-electron chi connectivity index (χ1n) is 10.6. The van der Waals surface area contributed by atoms with Crippen LogP contribution in [0.5, 0.6) is 0 Å². The van der Waals surface area contributed by atoms with Gasteiger partial charge in [-0.3, -0.25) is 18.9 Å². The maximum absolute atomic E-state index is 13.4. The fourth-order valence-corrected chi connectivity index (χ4v) is 5.04. The number of methoxy groups -OCH3 is 1. The molecule has 2 aliphatic rings. The second-order valence-corrected chi connectivity index (χ2v) is 9.44. The number of nitrogens with zero attached hydrogens (tertiary/aromatic N) is 3. The van der Waals surface area contributed by atoms with Crippen LogP contribution in [0.15, 0.2) is 28.0 Å². The summed E-state index contributed by atoms with van der Waals surface area (Å²) in [6, 6.07) is 3.72. The Labute approximate surface area is 196 Å². The average Bonchev–Trinajstić information content (AvgIpc) is 3.38. The molecule has 0 saturated carbocycles. The molecular weight excluding hydrogens is 448 g/mol. The van der Waals surface area contributed by atoms with E-state index in [-0.39, 0.29) is 17.6 Å². The Morgan fingerprint density at radius 1 is 1.44 bits per heavy atom. The number of carbonyl (C=O) groups excluding carboxylic acids is 1. The molecule has 0 aromatic carbocycles. The molecule has 1 N–H and O–H groups in total. The predicted octanol–water partition coefficient (Wildman–Crippen LogP) is 2.83. The quantitative estimate of drug-likeness (QED) is 0.355. The molecule has 0 aliphatic carbocycles. The van der Waals surface area contributed by atoms with Gasteiger partial charge >= 0.3 is 0 Å². The van der Waals surface area contributed by atoms with Crippen LogP contribution in [0.3, 0.4) is 0 Å². The summed E-state index contributed by atoms with van der Waals surface area (Å²) in [7, 11) is 1.65. The van der Waals surface area contributed by atoms with E-state index in [1.807, 2.05) is 19.1 Å². The second-order valence-electron chi connectivity index (χ2n) is 7.76. The molecule has 1 amide bonds. The highest BCUT2D eigenvalue weighted by atomic mass is 32.2. The number of nitrogens with one attached hydrogen (secondary N) is 1. The van der Waals surface area contributed by atoms with E-state index in [1.54, 1.807) is 24.3 Å². The summed E-state index contributed by atoms with van der Waals surface area (Å²) in [5.74, 6) is 0.249. The smallest absolute Gasteiger partial charge is 0.267 e. The Balaban J connectivity index is 1.69. The molecule has 0 bridgehead atoms. The number of fused-ring (bicyclic) bond motifs is 1. The summed E-state index contributed by atoms with van der Waals surface area (Å²) in [4.78, 5) is 33.1. The number of hydrogen-bond donors (Lipinski definition) is 1. The van der Waals surface area contributed by atoms with Crippen molar-refractivity contribution in [3.8, 4) is 0 Å². The molecule has 2 aliphatic heterocycles. The molecule has 8 nitrogen and oxygen atoms in total. The molecule has 4 heterocycles. The van der Waals surface area contributed by atoms with Crippen molar-refractivity contribution in [2.75, 3.05) is 38.7 Å². The van der Waals surface area contributed by atoms with Crippen molar-refractivity contribution in [1.29, 1.82) is 0 Å². The SMILES string of the molecule is COCCCNc1nc2c(C)cccn2c(=O)c1/C=C1\SC(=S)N(C[C@@H]2CCCO2)C1=O. The van der Waals surface area contributed by atoms with Gasteiger partial charge in [0.2, 0.25) is 0 Å². The van der Waals surface area contributed by atoms with E-state index in [4.69, 9.17) is 26.7 Å². The van der Waals surface area contributed by atoms with Crippen LogP contribution in [0.4, 0.5) is 5.82 Å². The number of thioether (sulfide) groups is 1. The van der Waals surface area contributed by atoms with Crippen molar-refractivity contribution in [2.24, 2.45) is 0 Å². The van der Waals surface area contributed by atoms with Gasteiger partial charge in [0, 0.05) is 33.1 Å². The van der Waals surface area contributed by atoms with Crippen LogP contribution in [-0.4, -0.2) is 64.0 Å². The Morgan fingerprint density at radius 2 is 2.28 bits per heavy atom. The number of amides is 1. The molecule has 0 unspecified atom stereocenters. The van der Waals surface area contributed by atoms with Crippen molar-refractivity contribution in [3.05, 3.63) is 44.7 Å². The summed E-state index contributed by atoms with van der Waals surface area (Å²) >= 11 is 6.66. The number of thiocarbonyl (C=S) groups is 1. The minimum atomic E-state index is -0.239. The van der Waals surface area contributed by atoms with Crippen molar-refractivity contribution in [1.82, 2.24) is 14.3 Å². The zero-order chi connectivity index (χ0) is 22.7. The monoisotopic (exact) mass is 474 g/mol. The van der Waals surface area contributed by atoms with E-state index in [0.29, 0.717) is 52.6 Å². The minimum absolute atomic E-state index is 0.00537. The topological polar surface area (TPSA) is 85.2 Å². The number of hydrogen-bond acceptors (Lipinski definition) is 8. The molecule has 2 aromatic rings. The van der Waals surface area contributed by atoms with Gasteiger partial charge in [-0.25, -0.2) is 4.98 Å². The van der Waals surface area contributed by atoms with E-state index < -0.39 is 0 Å². The number of aryl methyl sites for hydroxylation is 1. The zero-order valence-electron chi connectivity index (χ0n) is 18.1. The normalized spacial score (nSPS) is 20.1. The van der Waals surface area contributed by atoms with Gasteiger partial charge in [0.25, 0.3) is 11.5 Å². The number of aromatic nitrogens is 2. The van der Waals surface area contributed by atoms with Gasteiger partial charge in [0.1, 0.15) is 15.8 Å². The standard InChI is InChI=1S/C22H26N4O4S2/c1-14-6-3-9-25-19(14)24-18(23-8-5-10-29-2)16(20(25)27)12-17-21(28)26(22(31)32-17)13-15-7-4-11-30-15/h3,6,9,12,15,23H,4-5,7-8,10-11,13H2,1-2H3/b17-12-/t15-/m0/s1. The summed E-state index contributed by atoms with van der Waals surface area (Å²) in [5, 5.41) is 3.24. The van der Waals surface area contributed by atoms with Crippen molar-refractivity contribution in [3.63, 3.8) is 0 Å². The van der Waals surface area contributed by atoms with Crippen LogP contribution in [0, 0.1) is 6.92 Å². The fourth-order valence-electron chi connectivity index (χ4n) is 3.78. The molecule has 0 spiro atoms. The summed E-state index contributed by atoms with van der Waals surface area (Å²) in [5.41, 5.74) is 1.56. The third-order valence-corrected chi connectivity index (χ3v) is 6.84. The van der Waals surface area contributed by atoms with Gasteiger partial charge in [-0.1, -0.05) is 30.0 Å². The largest absolute Gasteiger partial charge is 0.385 e. The molecule has 10 heteroatoms. The first-order valence-corrected chi connectivity index (χ1v) is 11.8. The molecule has 32 heavy (non-hydrogen) atoms. The minimum Gasteiger partial charge on any atom is -0.385 e. The molecule has 1 atom stereocenters. The van der Waals surface area contributed by atoms with Crippen LogP contribution in [0.25, 0.3) is 11.7 Å². The number of ether oxygens (including phenoxy) is 2. The lowest BCUT2D eigenvalue weighted by Gasteiger charge is -2.18. The highest BCUT2D eigenvalue weighted by Crippen LogP contribution is 2.34. The predicted molar refractivity (Wildman–Crippen MR) is 130 cm³/mol. The van der Waals surface area contributed by atoms with Crippen molar-refractivity contribution < 1.29 is 14.3 Å². The van der Waals surface area contributed by atoms with Gasteiger partial charge in [0.15, 0.2) is 0 Å². The first-order chi connectivity index (χ1) is 15.5. The Hall–Kier alpha value is -2.27. The van der Waals surface area contributed by atoms with Crippen LogP contribution in [0.2, 0.25) is 0 Å². The van der Waals surface area contributed by atoms with E-state index in [9.17, 15) is 9.59 Å². The molecule has 4 rings (SSSR count). The Kier molecular flexibility index (Phi) is 7.24. The third kappa shape index (κ3) is 4.73. The van der Waals surface area contributed by atoms with E-state index >= 15 is 0 Å². The molecule has 170 valence electrons. The highest BCUT2D eigenvalue weighted by Gasteiger charge is 2.35. The Bertz CT molecular complexity index is 1120. The van der Waals surface area contributed by atoms with Crippen LogP contribution in [-0.2, 0) is 14.3 Å². The van der Waals surface area contributed by atoms with Gasteiger partial charge in [-0.15, -0.1) is 0 Å². The molecular formula is C22H26N4O4S2. The van der Waals surface area contributed by atoms with Gasteiger partial charge in [-0.05, 0) is 43.9 Å². The first kappa shape index (κ1) is 22.9. The molecule has 2 saturated heterocycles. The Morgan fingerprint density at radius 3 is 3.03 bits per heavy atom. The van der Waals surface area contributed by atoms with Crippen molar-refractivity contribution >= 4 is 51.7 Å². The van der Waals surface area contributed by atoms with Crippen LogP contribution < -0.4 is 10.9 Å². The van der Waals surface area contributed by atoms with Gasteiger partial charge in [0.05, 0.1) is 23.1 Å². The number of rotatable bonds is 8. The summed E-state index contributed by atoms with van der Waals surface area (Å²) in [6.07, 6.45) is 5.97. The lowest BCUT2D eigenvalue weighted by Crippen LogP contribution is -2.35. The van der Waals surface area contributed by atoms with Crippen LogP contribution in [0.1, 0.15) is 30.4 Å². The maximum Gasteiger partial charge on any atom is 0.267 e. The summed E-state index contributed by atoms with van der Waals surface area (Å²) < 4.78 is 12.8. The molecule has 2 aromatic heterocycles. The molecule has 0 radical (unpaired) electrons. The van der Waals surface area contributed by atoms with E-state index in [0.717, 1.165) is 24.8 Å². The number of carbonyl (C=O) groups is 1. The number of pyridine rings is 1. The summed E-state index contributed by atoms with van der Waals surface area (Å²) in [6.45, 7) is 4.25. The lowest BCUT2D eigenvalue weighted by molar-refractivity contribution is -0.123. The molecule has 2 fully saturated rings. The van der Waals surface area contributed by atoms with Crippen molar-refractivity contribution in [2.45, 2.75) is 32.3 Å². The maximum atomic E-state index is 13.4. The van der Waals surface area contributed by atoms with Crippen LogP contribution >= 0.6 is 24.0 Å². The van der Waals surface area contributed by atoms with Gasteiger partial charge in [-0.2, -0.15) is 0 Å². The lowest BCUT2D eigenvalue weighted by atomic mass is 10.2. The fraction of sp³-hybridized carbons (Fsp3) is 0.455. The average molecular weight is 475 g/mol. The second kappa shape index (κ2) is 10.1. The van der Waals surface area contributed by atoms with E-state index in [1.165, 1.54) is 16.2 Å². The highest BCUT2D eigenvalue weighted by molar-refractivity contribution is 8.26.